The Bertz CT molecular complexity index is 292. The predicted molar refractivity (Wildman–Crippen MR) is 55.0 cm³/mol. The van der Waals surface area contributed by atoms with E-state index in [1.807, 2.05) is 18.7 Å². The van der Waals surface area contributed by atoms with Crippen LogP contribution in [0.15, 0.2) is 4.52 Å². The van der Waals surface area contributed by atoms with Gasteiger partial charge in [-0.15, -0.1) is 0 Å². The van der Waals surface area contributed by atoms with E-state index in [0.717, 1.165) is 22.9 Å². The molecule has 1 unspecified atom stereocenters. The van der Waals surface area contributed by atoms with Gasteiger partial charge in [-0.05, 0) is 25.5 Å². The Hall–Kier alpha value is -0.640. The van der Waals surface area contributed by atoms with Gasteiger partial charge in [0.05, 0.1) is 5.69 Å². The number of aromatic nitrogens is 1. The van der Waals surface area contributed by atoms with Crippen molar-refractivity contribution in [2.45, 2.75) is 25.7 Å². The first-order chi connectivity index (χ1) is 6.29. The maximum absolute atomic E-state index is 5.87. The van der Waals surface area contributed by atoms with Crippen molar-refractivity contribution < 1.29 is 4.52 Å². The van der Waals surface area contributed by atoms with Gasteiger partial charge >= 0.3 is 0 Å². The van der Waals surface area contributed by atoms with E-state index < -0.39 is 0 Å². The van der Waals surface area contributed by atoms with E-state index in [-0.39, 0.29) is 0 Å². The second-order valence-corrected chi connectivity index (χ2v) is 4.61. The van der Waals surface area contributed by atoms with Crippen LogP contribution in [0.3, 0.4) is 0 Å². The minimum atomic E-state index is 0.486. The first-order valence-corrected chi connectivity index (χ1v) is 5.74. The third kappa shape index (κ3) is 1.68. The Morgan fingerprint density at radius 2 is 2.46 bits per heavy atom. The summed E-state index contributed by atoms with van der Waals surface area (Å²) >= 11 is 1.97. The largest absolute Gasteiger partial charge is 0.394 e. The fourth-order valence-corrected chi connectivity index (χ4v) is 2.78. The van der Waals surface area contributed by atoms with Crippen LogP contribution in [0.25, 0.3) is 0 Å². The summed E-state index contributed by atoms with van der Waals surface area (Å²) in [6.45, 7) is 1.89. The second kappa shape index (κ2) is 3.62. The van der Waals surface area contributed by atoms with Crippen molar-refractivity contribution in [2.75, 3.05) is 17.2 Å². The highest BCUT2D eigenvalue weighted by atomic mass is 32.2. The highest BCUT2D eigenvalue weighted by molar-refractivity contribution is 7.99. The lowest BCUT2D eigenvalue weighted by Gasteiger charge is -2.18. The fourth-order valence-electron chi connectivity index (χ4n) is 1.64. The van der Waals surface area contributed by atoms with Gasteiger partial charge < -0.3 is 10.3 Å². The molecule has 4 heteroatoms. The summed E-state index contributed by atoms with van der Waals surface area (Å²) in [5.74, 6) is 3.78. The van der Waals surface area contributed by atoms with Crippen molar-refractivity contribution in [3.05, 3.63) is 11.5 Å². The molecule has 1 aliphatic heterocycles. The lowest BCUT2D eigenvalue weighted by molar-refractivity contribution is 0.357. The summed E-state index contributed by atoms with van der Waals surface area (Å²) < 4.78 is 5.25. The number of nitrogen functional groups attached to an aromatic ring is 1. The molecule has 0 bridgehead atoms. The van der Waals surface area contributed by atoms with Crippen LogP contribution in [-0.4, -0.2) is 16.7 Å². The molecule has 1 aromatic heterocycles. The molecule has 13 heavy (non-hydrogen) atoms. The van der Waals surface area contributed by atoms with Gasteiger partial charge in [-0.3, -0.25) is 0 Å². The average Bonchev–Trinajstić information content (AvgIpc) is 2.49. The van der Waals surface area contributed by atoms with Gasteiger partial charge in [0.1, 0.15) is 5.69 Å². The van der Waals surface area contributed by atoms with Crippen molar-refractivity contribution in [1.29, 1.82) is 0 Å². The van der Waals surface area contributed by atoms with Crippen LogP contribution in [0, 0.1) is 6.92 Å². The van der Waals surface area contributed by atoms with E-state index in [4.69, 9.17) is 10.3 Å². The Morgan fingerprint density at radius 1 is 1.62 bits per heavy atom. The molecule has 0 aliphatic carbocycles. The molecule has 0 aromatic carbocycles. The number of hydrogen-bond acceptors (Lipinski definition) is 4. The Balaban J connectivity index is 2.18. The highest BCUT2D eigenvalue weighted by Crippen LogP contribution is 2.34. The van der Waals surface area contributed by atoms with E-state index in [2.05, 4.69) is 5.16 Å². The van der Waals surface area contributed by atoms with Gasteiger partial charge in [-0.1, -0.05) is 5.16 Å². The normalized spacial score (nSPS) is 23.3. The van der Waals surface area contributed by atoms with Crippen LogP contribution in [0.1, 0.15) is 30.2 Å². The monoisotopic (exact) mass is 198 g/mol. The molecule has 1 aliphatic rings. The van der Waals surface area contributed by atoms with E-state index in [1.54, 1.807) is 0 Å². The maximum atomic E-state index is 5.87. The van der Waals surface area contributed by atoms with E-state index >= 15 is 0 Å². The lowest BCUT2D eigenvalue weighted by atomic mass is 10.0. The molecular weight excluding hydrogens is 184 g/mol. The van der Waals surface area contributed by atoms with Gasteiger partial charge in [-0.2, -0.15) is 11.8 Å². The standard InChI is InChI=1S/C9H14N2OS/c1-6-8(10)9(12-11-6)7-3-2-4-13-5-7/h7H,2-5,10H2,1H3. The predicted octanol–water partition coefficient (Wildman–Crippen LogP) is 2.18. The molecule has 0 saturated carbocycles. The Kier molecular flexibility index (Phi) is 2.49. The quantitative estimate of drug-likeness (QED) is 0.751. The third-order valence-electron chi connectivity index (χ3n) is 2.47. The summed E-state index contributed by atoms with van der Waals surface area (Å²) in [6, 6.07) is 0. The van der Waals surface area contributed by atoms with Crippen LogP contribution >= 0.6 is 11.8 Å². The summed E-state index contributed by atoms with van der Waals surface area (Å²) in [5.41, 5.74) is 7.45. The molecule has 72 valence electrons. The summed E-state index contributed by atoms with van der Waals surface area (Å²) in [7, 11) is 0. The molecule has 2 N–H and O–H groups in total. The van der Waals surface area contributed by atoms with Crippen molar-refractivity contribution in [2.24, 2.45) is 0 Å². The zero-order chi connectivity index (χ0) is 9.26. The maximum Gasteiger partial charge on any atom is 0.163 e. The molecule has 1 saturated heterocycles. The van der Waals surface area contributed by atoms with Crippen LogP contribution in [0.4, 0.5) is 5.69 Å². The zero-order valence-electron chi connectivity index (χ0n) is 7.75. The second-order valence-electron chi connectivity index (χ2n) is 3.46. The molecule has 1 aromatic rings. The SMILES string of the molecule is Cc1noc(C2CCCSC2)c1N. The third-order valence-corrected chi connectivity index (χ3v) is 3.68. The number of thioether (sulfide) groups is 1. The molecule has 1 atom stereocenters. The van der Waals surface area contributed by atoms with Gasteiger partial charge in [0.15, 0.2) is 5.76 Å². The van der Waals surface area contributed by atoms with Gasteiger partial charge in [0.2, 0.25) is 0 Å². The Labute approximate surface area is 82.0 Å². The minimum absolute atomic E-state index is 0.486. The molecule has 0 spiro atoms. The molecule has 0 amide bonds. The zero-order valence-corrected chi connectivity index (χ0v) is 8.56. The van der Waals surface area contributed by atoms with Gasteiger partial charge in [0, 0.05) is 11.7 Å². The summed E-state index contributed by atoms with van der Waals surface area (Å²) in [5, 5.41) is 3.88. The number of nitrogens with zero attached hydrogens (tertiary/aromatic N) is 1. The van der Waals surface area contributed by atoms with E-state index in [1.165, 1.54) is 18.6 Å². The number of rotatable bonds is 1. The minimum Gasteiger partial charge on any atom is -0.394 e. The first kappa shape index (κ1) is 8.94. The molecule has 0 radical (unpaired) electrons. The molecule has 2 rings (SSSR count). The fraction of sp³-hybridized carbons (Fsp3) is 0.667. The van der Waals surface area contributed by atoms with Crippen molar-refractivity contribution in [3.63, 3.8) is 0 Å². The van der Waals surface area contributed by atoms with Crippen LogP contribution in [0.5, 0.6) is 0 Å². The summed E-state index contributed by atoms with van der Waals surface area (Å²) in [4.78, 5) is 0. The Morgan fingerprint density at radius 3 is 3.00 bits per heavy atom. The number of anilines is 1. The lowest BCUT2D eigenvalue weighted by Crippen LogP contribution is -2.09. The van der Waals surface area contributed by atoms with Crippen molar-refractivity contribution >= 4 is 17.4 Å². The number of hydrogen-bond donors (Lipinski definition) is 1. The number of aryl methyl sites for hydroxylation is 1. The van der Waals surface area contributed by atoms with Gasteiger partial charge in [0.25, 0.3) is 0 Å². The van der Waals surface area contributed by atoms with Crippen molar-refractivity contribution in [1.82, 2.24) is 5.16 Å². The average molecular weight is 198 g/mol. The van der Waals surface area contributed by atoms with Crippen LogP contribution < -0.4 is 5.73 Å². The number of nitrogens with two attached hydrogens (primary N) is 1. The van der Waals surface area contributed by atoms with Gasteiger partial charge in [-0.25, -0.2) is 0 Å². The first-order valence-electron chi connectivity index (χ1n) is 4.58. The highest BCUT2D eigenvalue weighted by Gasteiger charge is 2.23. The van der Waals surface area contributed by atoms with E-state index in [9.17, 15) is 0 Å². The van der Waals surface area contributed by atoms with E-state index in [0.29, 0.717) is 5.92 Å². The molecule has 1 fully saturated rings. The van der Waals surface area contributed by atoms with Crippen LogP contribution in [-0.2, 0) is 0 Å². The topological polar surface area (TPSA) is 52.0 Å². The molecular formula is C9H14N2OS. The summed E-state index contributed by atoms with van der Waals surface area (Å²) in [6.07, 6.45) is 2.44. The molecule has 3 nitrogen and oxygen atoms in total. The van der Waals surface area contributed by atoms with Crippen LogP contribution in [0.2, 0.25) is 0 Å². The molecule has 2 heterocycles. The van der Waals surface area contributed by atoms with Crippen molar-refractivity contribution in [3.8, 4) is 0 Å². The smallest absolute Gasteiger partial charge is 0.163 e.